The number of benzene rings is 1. The molecule has 0 saturated carbocycles. The Hall–Kier alpha value is -2.21. The third-order valence-electron chi connectivity index (χ3n) is 2.40. The van der Waals surface area contributed by atoms with E-state index in [0.717, 1.165) is 16.8 Å². The van der Waals surface area contributed by atoms with Gasteiger partial charge in [-0.3, -0.25) is 0 Å². The molecule has 1 aromatic carbocycles. The zero-order valence-corrected chi connectivity index (χ0v) is 11.6. The van der Waals surface area contributed by atoms with Crippen molar-refractivity contribution in [3.63, 3.8) is 0 Å². The largest absolute Gasteiger partial charge is 0.383 e. The fraction of sp³-hybridized carbons (Fsp3) is 0.154. The Bertz CT molecular complexity index is 625. The average Bonchev–Trinajstić information content (AvgIpc) is 2.75. The molecule has 0 aliphatic rings. The second-order valence-electron chi connectivity index (χ2n) is 4.10. The van der Waals surface area contributed by atoms with Crippen LogP contribution in [0.25, 0.3) is 0 Å². The molecule has 0 saturated heterocycles. The van der Waals surface area contributed by atoms with E-state index >= 15 is 0 Å². The first kappa shape index (κ1) is 13.2. The fourth-order valence-corrected chi connectivity index (χ4v) is 2.10. The van der Waals surface area contributed by atoms with Gasteiger partial charge in [0, 0.05) is 10.9 Å². The van der Waals surface area contributed by atoms with Crippen molar-refractivity contribution >= 4 is 28.3 Å². The van der Waals surface area contributed by atoms with Crippen LogP contribution in [0.3, 0.4) is 0 Å². The first-order valence-electron chi connectivity index (χ1n) is 5.72. The number of hydrogen-bond acceptors (Lipinski definition) is 3. The first-order valence-corrected chi connectivity index (χ1v) is 6.60. The van der Waals surface area contributed by atoms with Crippen LogP contribution in [-0.2, 0) is 0 Å². The Balaban J connectivity index is 2.20. The van der Waals surface area contributed by atoms with Gasteiger partial charge in [-0.25, -0.2) is 4.98 Å². The summed E-state index contributed by atoms with van der Waals surface area (Å²) in [5.41, 5.74) is 14.5. The molecule has 0 amide bonds. The minimum absolute atomic E-state index is 0.104. The molecule has 19 heavy (non-hydrogen) atoms. The Morgan fingerprint density at radius 1 is 1.16 bits per heavy atom. The van der Waals surface area contributed by atoms with Crippen LogP contribution in [0.5, 0.6) is 0 Å². The topological polar surface area (TPSA) is 89.6 Å². The third-order valence-corrected chi connectivity index (χ3v) is 3.25. The van der Waals surface area contributed by atoms with Crippen LogP contribution in [0.1, 0.15) is 16.8 Å². The standard InChI is InChI=1S/C13H15N5S/c1-8-3-5-10(6-4-8)11(14)17-12(15)18-13-16-9(2)7-19-13/h3-7H,1-2H3,(H4,14,15,16,17,18). The van der Waals surface area contributed by atoms with Crippen molar-refractivity contribution in [2.24, 2.45) is 21.5 Å². The van der Waals surface area contributed by atoms with E-state index in [9.17, 15) is 0 Å². The van der Waals surface area contributed by atoms with E-state index < -0.39 is 0 Å². The quantitative estimate of drug-likeness (QED) is 0.648. The van der Waals surface area contributed by atoms with Gasteiger partial charge in [-0.05, 0) is 13.8 Å². The predicted octanol–water partition coefficient (Wildman–Crippen LogP) is 2.11. The molecule has 0 spiro atoms. The molecule has 0 unspecified atom stereocenters. The van der Waals surface area contributed by atoms with E-state index in [1.165, 1.54) is 11.3 Å². The molecule has 4 N–H and O–H groups in total. The minimum atomic E-state index is 0.104. The first-order chi connectivity index (χ1) is 9.04. The van der Waals surface area contributed by atoms with E-state index in [4.69, 9.17) is 11.5 Å². The maximum atomic E-state index is 5.88. The van der Waals surface area contributed by atoms with Gasteiger partial charge in [0.25, 0.3) is 0 Å². The molecule has 0 aliphatic carbocycles. The van der Waals surface area contributed by atoms with Crippen LogP contribution in [0.2, 0.25) is 0 Å². The number of aliphatic imine (C=N–C) groups is 2. The molecular weight excluding hydrogens is 258 g/mol. The molecule has 0 atom stereocenters. The van der Waals surface area contributed by atoms with Crippen LogP contribution in [0, 0.1) is 13.8 Å². The lowest BCUT2D eigenvalue weighted by molar-refractivity contribution is 1.23. The van der Waals surface area contributed by atoms with Gasteiger partial charge >= 0.3 is 0 Å². The molecule has 98 valence electrons. The zero-order chi connectivity index (χ0) is 13.8. The van der Waals surface area contributed by atoms with Crippen LogP contribution < -0.4 is 11.5 Å². The molecule has 1 aromatic heterocycles. The second-order valence-corrected chi connectivity index (χ2v) is 4.94. The van der Waals surface area contributed by atoms with Crippen molar-refractivity contribution in [1.29, 1.82) is 0 Å². The Morgan fingerprint density at radius 3 is 2.42 bits per heavy atom. The van der Waals surface area contributed by atoms with Crippen molar-refractivity contribution in [3.05, 3.63) is 46.5 Å². The summed E-state index contributed by atoms with van der Waals surface area (Å²) in [5.74, 6) is 0.446. The van der Waals surface area contributed by atoms with Crippen LogP contribution in [-0.4, -0.2) is 16.8 Å². The van der Waals surface area contributed by atoms with Gasteiger partial charge in [0.1, 0.15) is 5.84 Å². The highest BCUT2D eigenvalue weighted by Crippen LogP contribution is 2.17. The number of hydrogen-bond donors (Lipinski definition) is 2. The number of rotatable bonds is 2. The van der Waals surface area contributed by atoms with Gasteiger partial charge in [-0.1, -0.05) is 29.8 Å². The van der Waals surface area contributed by atoms with Crippen LogP contribution in [0.4, 0.5) is 5.13 Å². The molecule has 0 fully saturated rings. The van der Waals surface area contributed by atoms with E-state index in [1.54, 1.807) is 0 Å². The van der Waals surface area contributed by atoms with E-state index in [1.807, 2.05) is 43.5 Å². The number of aromatic nitrogens is 1. The van der Waals surface area contributed by atoms with Gasteiger partial charge in [-0.15, -0.1) is 11.3 Å². The summed E-state index contributed by atoms with van der Waals surface area (Å²) in [6.45, 7) is 3.91. The minimum Gasteiger partial charge on any atom is -0.383 e. The maximum absolute atomic E-state index is 5.88. The summed E-state index contributed by atoms with van der Waals surface area (Å²) in [5, 5.41) is 2.48. The lowest BCUT2D eigenvalue weighted by atomic mass is 10.1. The highest BCUT2D eigenvalue weighted by molar-refractivity contribution is 7.13. The fourth-order valence-electron chi connectivity index (χ4n) is 1.43. The smallest absolute Gasteiger partial charge is 0.224 e. The summed E-state index contributed by atoms with van der Waals surface area (Å²) in [6.07, 6.45) is 0. The molecular formula is C13H15N5S. The van der Waals surface area contributed by atoms with Crippen molar-refractivity contribution in [3.8, 4) is 0 Å². The predicted molar refractivity (Wildman–Crippen MR) is 80.0 cm³/mol. The Labute approximate surface area is 115 Å². The van der Waals surface area contributed by atoms with Gasteiger partial charge in [-0.2, -0.15) is 9.98 Å². The van der Waals surface area contributed by atoms with Gasteiger partial charge in [0.2, 0.25) is 11.1 Å². The van der Waals surface area contributed by atoms with E-state index in [-0.39, 0.29) is 5.96 Å². The number of thiazole rings is 1. The summed E-state index contributed by atoms with van der Waals surface area (Å²) in [4.78, 5) is 12.4. The van der Waals surface area contributed by atoms with Gasteiger partial charge in [0.05, 0.1) is 5.69 Å². The maximum Gasteiger partial charge on any atom is 0.224 e. The van der Waals surface area contributed by atoms with E-state index in [2.05, 4.69) is 15.0 Å². The monoisotopic (exact) mass is 273 g/mol. The van der Waals surface area contributed by atoms with Crippen LogP contribution in [0.15, 0.2) is 39.6 Å². The van der Waals surface area contributed by atoms with E-state index in [0.29, 0.717) is 11.0 Å². The van der Waals surface area contributed by atoms with Crippen molar-refractivity contribution in [2.75, 3.05) is 0 Å². The van der Waals surface area contributed by atoms with Crippen molar-refractivity contribution in [2.45, 2.75) is 13.8 Å². The summed E-state index contributed by atoms with van der Waals surface area (Å²) >= 11 is 1.41. The average molecular weight is 273 g/mol. The number of aryl methyl sites for hydroxylation is 2. The van der Waals surface area contributed by atoms with Crippen molar-refractivity contribution < 1.29 is 0 Å². The molecule has 0 aliphatic heterocycles. The van der Waals surface area contributed by atoms with Crippen LogP contribution >= 0.6 is 11.3 Å². The molecule has 5 nitrogen and oxygen atoms in total. The molecule has 0 radical (unpaired) electrons. The van der Waals surface area contributed by atoms with Crippen molar-refractivity contribution in [1.82, 2.24) is 4.98 Å². The molecule has 1 heterocycles. The molecule has 0 bridgehead atoms. The highest BCUT2D eigenvalue weighted by Gasteiger charge is 2.01. The lowest BCUT2D eigenvalue weighted by Gasteiger charge is -2.00. The zero-order valence-electron chi connectivity index (χ0n) is 10.8. The SMILES string of the molecule is Cc1ccc(C(N)=NC(N)=Nc2nc(C)cs2)cc1. The lowest BCUT2D eigenvalue weighted by Crippen LogP contribution is -2.19. The Kier molecular flexibility index (Phi) is 3.91. The number of nitrogens with zero attached hydrogens (tertiary/aromatic N) is 3. The Morgan fingerprint density at radius 2 is 1.84 bits per heavy atom. The summed E-state index contributed by atoms with van der Waals surface area (Å²) in [7, 11) is 0. The molecule has 2 rings (SSSR count). The number of guanidine groups is 1. The summed E-state index contributed by atoms with van der Waals surface area (Å²) in [6, 6.07) is 7.73. The second kappa shape index (κ2) is 5.62. The molecule has 2 aromatic rings. The third kappa shape index (κ3) is 3.62. The normalized spacial score (nSPS) is 12.7. The summed E-state index contributed by atoms with van der Waals surface area (Å²) < 4.78 is 0. The highest BCUT2D eigenvalue weighted by atomic mass is 32.1. The van der Waals surface area contributed by atoms with Gasteiger partial charge < -0.3 is 11.5 Å². The number of nitrogens with two attached hydrogens (primary N) is 2. The number of amidine groups is 1. The molecule has 6 heteroatoms. The van der Waals surface area contributed by atoms with Gasteiger partial charge in [0.15, 0.2) is 0 Å².